The van der Waals surface area contributed by atoms with Crippen molar-refractivity contribution in [3.05, 3.63) is 60.0 Å². The minimum Gasteiger partial charge on any atom is -0.459 e. The largest absolute Gasteiger partial charge is 0.459 e. The zero-order chi connectivity index (χ0) is 19.2. The molecule has 0 spiro atoms. The lowest BCUT2D eigenvalue weighted by atomic mass is 10.1. The average molecular weight is 385 g/mol. The van der Waals surface area contributed by atoms with Crippen LogP contribution in [0.1, 0.15) is 18.7 Å². The molecule has 4 rings (SSSR count). The van der Waals surface area contributed by atoms with Gasteiger partial charge in [0.1, 0.15) is 17.2 Å². The molecule has 0 N–H and O–H groups in total. The Morgan fingerprint density at radius 2 is 2.07 bits per heavy atom. The van der Waals surface area contributed by atoms with E-state index in [2.05, 4.69) is 4.40 Å². The van der Waals surface area contributed by atoms with Crippen molar-refractivity contribution in [2.45, 2.75) is 13.0 Å². The zero-order valence-electron chi connectivity index (χ0n) is 15.0. The minimum atomic E-state index is -3.41. The standard InChI is InChI=1S/C19H19N3O4S/c1-13(17-11-14-5-3-4-6-16(14)26-17)21(2)19(23)15-7-8-18-20-27(24,25)10-9-22(18)12-15/h3-8,11-13H,9-10H2,1-2H3. The number of rotatable bonds is 3. The van der Waals surface area contributed by atoms with Gasteiger partial charge in [0.25, 0.3) is 15.9 Å². The average Bonchev–Trinajstić information content (AvgIpc) is 3.09. The Labute approximate surface area is 157 Å². The van der Waals surface area contributed by atoms with Crippen LogP contribution in [0.2, 0.25) is 0 Å². The van der Waals surface area contributed by atoms with Gasteiger partial charge in [0, 0.05) is 25.2 Å². The molecule has 1 unspecified atom stereocenters. The van der Waals surface area contributed by atoms with Crippen LogP contribution in [0, 0.1) is 0 Å². The first-order valence-electron chi connectivity index (χ1n) is 8.59. The summed E-state index contributed by atoms with van der Waals surface area (Å²) < 4.78 is 32.8. The van der Waals surface area contributed by atoms with Crippen LogP contribution >= 0.6 is 0 Å². The normalized spacial score (nSPS) is 19.3. The maximum atomic E-state index is 12.9. The molecule has 2 aromatic rings. The number of hydrogen-bond donors (Lipinski definition) is 0. The second kappa shape index (κ2) is 6.38. The molecule has 2 aliphatic rings. The van der Waals surface area contributed by atoms with E-state index in [9.17, 15) is 13.2 Å². The number of fused-ring (bicyclic) bond motifs is 2. The van der Waals surface area contributed by atoms with E-state index in [1.54, 1.807) is 35.2 Å². The predicted molar refractivity (Wildman–Crippen MR) is 103 cm³/mol. The van der Waals surface area contributed by atoms with Crippen molar-refractivity contribution in [2.75, 3.05) is 19.3 Å². The van der Waals surface area contributed by atoms with Gasteiger partial charge < -0.3 is 14.2 Å². The number of sulfonamides is 1. The molecular weight excluding hydrogens is 366 g/mol. The van der Waals surface area contributed by atoms with Gasteiger partial charge in [-0.3, -0.25) is 4.79 Å². The van der Waals surface area contributed by atoms with Crippen molar-refractivity contribution >= 4 is 32.7 Å². The summed E-state index contributed by atoms with van der Waals surface area (Å²) in [5.74, 6) is 0.810. The molecule has 8 heteroatoms. The van der Waals surface area contributed by atoms with Crippen LogP contribution in [0.3, 0.4) is 0 Å². The third kappa shape index (κ3) is 3.28. The molecule has 1 aromatic carbocycles. The van der Waals surface area contributed by atoms with Gasteiger partial charge in [0.15, 0.2) is 0 Å². The molecule has 0 radical (unpaired) electrons. The number of para-hydroxylation sites is 1. The lowest BCUT2D eigenvalue weighted by molar-refractivity contribution is -0.127. The summed E-state index contributed by atoms with van der Waals surface area (Å²) in [6.45, 7) is 2.19. The van der Waals surface area contributed by atoms with Crippen molar-refractivity contribution in [3.8, 4) is 0 Å². The van der Waals surface area contributed by atoms with E-state index in [1.165, 1.54) is 0 Å². The zero-order valence-corrected chi connectivity index (χ0v) is 15.8. The molecule has 1 aromatic heterocycles. The monoisotopic (exact) mass is 385 g/mol. The molecule has 0 aliphatic carbocycles. The van der Waals surface area contributed by atoms with E-state index in [0.29, 0.717) is 17.2 Å². The van der Waals surface area contributed by atoms with Gasteiger partial charge in [0.2, 0.25) is 0 Å². The summed E-state index contributed by atoms with van der Waals surface area (Å²) in [5.41, 5.74) is 1.26. The number of nitrogens with zero attached hydrogens (tertiary/aromatic N) is 3. The SMILES string of the molecule is CC(c1cc2ccccc2o1)N(C)C(=O)C1=CN2CCS(=O)(=O)N=C2C=C1. The van der Waals surface area contributed by atoms with E-state index in [0.717, 1.165) is 11.0 Å². The molecule has 27 heavy (non-hydrogen) atoms. The highest BCUT2D eigenvalue weighted by atomic mass is 32.2. The second-order valence-electron chi connectivity index (χ2n) is 6.63. The molecular formula is C19H19N3O4S. The third-order valence-electron chi connectivity index (χ3n) is 4.83. The molecule has 0 saturated carbocycles. The summed E-state index contributed by atoms with van der Waals surface area (Å²) in [6, 6.07) is 9.40. The van der Waals surface area contributed by atoms with Gasteiger partial charge in [-0.2, -0.15) is 0 Å². The summed E-state index contributed by atoms with van der Waals surface area (Å²) in [4.78, 5) is 16.2. The Morgan fingerprint density at radius 1 is 1.30 bits per heavy atom. The highest BCUT2D eigenvalue weighted by Gasteiger charge is 2.28. The van der Waals surface area contributed by atoms with E-state index in [1.807, 2.05) is 37.3 Å². The second-order valence-corrected chi connectivity index (χ2v) is 8.38. The Bertz CT molecular complexity index is 1080. The first-order chi connectivity index (χ1) is 12.8. The van der Waals surface area contributed by atoms with E-state index >= 15 is 0 Å². The first-order valence-corrected chi connectivity index (χ1v) is 10.2. The van der Waals surface area contributed by atoms with Crippen molar-refractivity contribution in [1.82, 2.24) is 9.80 Å². The van der Waals surface area contributed by atoms with Crippen LogP contribution in [0.15, 0.2) is 63.1 Å². The van der Waals surface area contributed by atoms with Gasteiger partial charge in [-0.1, -0.05) is 18.2 Å². The molecule has 1 atom stereocenters. The van der Waals surface area contributed by atoms with Gasteiger partial charge >= 0.3 is 0 Å². The third-order valence-corrected chi connectivity index (χ3v) is 5.99. The number of benzene rings is 1. The van der Waals surface area contributed by atoms with Crippen molar-refractivity contribution < 1.29 is 17.6 Å². The highest BCUT2D eigenvalue weighted by Crippen LogP contribution is 2.28. The van der Waals surface area contributed by atoms with Gasteiger partial charge in [-0.25, -0.2) is 8.42 Å². The lowest BCUT2D eigenvalue weighted by Crippen LogP contribution is -2.38. The van der Waals surface area contributed by atoms with Gasteiger partial charge in [-0.15, -0.1) is 4.40 Å². The fourth-order valence-electron chi connectivity index (χ4n) is 3.11. The van der Waals surface area contributed by atoms with E-state index in [4.69, 9.17) is 4.42 Å². The fraction of sp³-hybridized carbons (Fsp3) is 0.263. The van der Waals surface area contributed by atoms with Gasteiger partial charge in [0.05, 0.1) is 17.4 Å². The van der Waals surface area contributed by atoms with Crippen LogP contribution in [-0.2, 0) is 14.8 Å². The number of amides is 1. The fourth-order valence-corrected chi connectivity index (χ4v) is 4.08. The molecule has 0 bridgehead atoms. The molecule has 1 amide bonds. The topological polar surface area (TPSA) is 83.2 Å². The van der Waals surface area contributed by atoms with E-state index < -0.39 is 10.0 Å². The molecule has 2 aliphatic heterocycles. The highest BCUT2D eigenvalue weighted by molar-refractivity contribution is 7.90. The Morgan fingerprint density at radius 3 is 2.85 bits per heavy atom. The molecule has 7 nitrogen and oxygen atoms in total. The Kier molecular flexibility index (Phi) is 4.15. The molecule has 140 valence electrons. The van der Waals surface area contributed by atoms with Gasteiger partial charge in [-0.05, 0) is 31.2 Å². The summed E-state index contributed by atoms with van der Waals surface area (Å²) in [7, 11) is -1.69. The maximum absolute atomic E-state index is 12.9. The summed E-state index contributed by atoms with van der Waals surface area (Å²) in [6.07, 6.45) is 4.81. The number of carbonyl (C=O) groups is 1. The van der Waals surface area contributed by atoms with Crippen LogP contribution < -0.4 is 0 Å². The predicted octanol–water partition coefficient (Wildman–Crippen LogP) is 2.45. The number of hydrogen-bond acceptors (Lipinski definition) is 5. The number of amidine groups is 1. The van der Waals surface area contributed by atoms with E-state index in [-0.39, 0.29) is 24.2 Å². The molecule has 3 heterocycles. The Balaban J connectivity index is 1.56. The van der Waals surface area contributed by atoms with Crippen LogP contribution in [-0.4, -0.2) is 49.3 Å². The van der Waals surface area contributed by atoms with Crippen molar-refractivity contribution in [3.63, 3.8) is 0 Å². The lowest BCUT2D eigenvalue weighted by Gasteiger charge is -2.29. The van der Waals surface area contributed by atoms with Crippen LogP contribution in [0.25, 0.3) is 11.0 Å². The van der Waals surface area contributed by atoms with Crippen molar-refractivity contribution in [1.29, 1.82) is 0 Å². The first kappa shape index (κ1) is 17.5. The van der Waals surface area contributed by atoms with Crippen molar-refractivity contribution in [2.24, 2.45) is 4.40 Å². The smallest absolute Gasteiger partial charge is 0.256 e. The molecule has 0 saturated heterocycles. The number of furan rings is 1. The molecule has 0 fully saturated rings. The number of carbonyl (C=O) groups excluding carboxylic acids is 1. The maximum Gasteiger partial charge on any atom is 0.256 e. The van der Waals surface area contributed by atoms with Crippen LogP contribution in [0.5, 0.6) is 0 Å². The quantitative estimate of drug-likeness (QED) is 0.810. The summed E-state index contributed by atoms with van der Waals surface area (Å²) >= 11 is 0. The number of likely N-dealkylation sites (N-methyl/N-ethyl adjacent to an activating group) is 1. The Hall–Kier alpha value is -2.87. The van der Waals surface area contributed by atoms with Crippen LogP contribution in [0.4, 0.5) is 0 Å². The minimum absolute atomic E-state index is 0.0620. The summed E-state index contributed by atoms with van der Waals surface area (Å²) in [5, 5.41) is 0.993.